The first-order valence-electron chi connectivity index (χ1n) is 8.34. The molecule has 1 N–H and O–H groups in total. The Balaban J connectivity index is 2.36. The van der Waals surface area contributed by atoms with Gasteiger partial charge in [-0.3, -0.25) is 9.10 Å². The van der Waals surface area contributed by atoms with E-state index in [2.05, 4.69) is 5.32 Å². The lowest BCUT2D eigenvalue weighted by atomic mass is 10.1. The summed E-state index contributed by atoms with van der Waals surface area (Å²) < 4.78 is 40.2. The molecule has 0 aliphatic rings. The summed E-state index contributed by atoms with van der Waals surface area (Å²) in [5, 5.41) is 2.81. The zero-order chi connectivity index (χ0) is 19.3. The van der Waals surface area contributed by atoms with E-state index < -0.39 is 21.7 Å². The summed E-state index contributed by atoms with van der Waals surface area (Å²) in [7, 11) is -4.02. The average molecular weight is 378 g/mol. The van der Waals surface area contributed by atoms with Crippen LogP contribution in [0.2, 0.25) is 0 Å². The molecule has 0 aromatic heterocycles. The van der Waals surface area contributed by atoms with Crippen LogP contribution in [0.5, 0.6) is 0 Å². The smallest absolute Gasteiger partial charge is 0.264 e. The van der Waals surface area contributed by atoms with Gasteiger partial charge in [-0.25, -0.2) is 12.8 Å². The molecular formula is C19H23FN2O3S. The summed E-state index contributed by atoms with van der Waals surface area (Å²) in [6.07, 6.45) is 0. The number of carbonyl (C=O) groups is 1. The van der Waals surface area contributed by atoms with Crippen LogP contribution < -0.4 is 9.62 Å². The SMILES string of the molecule is CC(C)C(C)NC(=O)CN(c1ccccc1)S(=O)(=O)c1ccc(F)cc1. The first kappa shape index (κ1) is 19.9. The van der Waals surface area contributed by atoms with E-state index in [0.717, 1.165) is 16.4 Å². The van der Waals surface area contributed by atoms with E-state index in [0.29, 0.717) is 5.69 Å². The monoisotopic (exact) mass is 378 g/mol. The summed E-state index contributed by atoms with van der Waals surface area (Å²) in [5.41, 5.74) is 0.365. The second-order valence-corrected chi connectivity index (χ2v) is 8.26. The number of carbonyl (C=O) groups excluding carboxylic acids is 1. The van der Waals surface area contributed by atoms with Gasteiger partial charge in [0.05, 0.1) is 10.6 Å². The lowest BCUT2D eigenvalue weighted by Gasteiger charge is -2.25. The van der Waals surface area contributed by atoms with Crippen molar-refractivity contribution in [3.8, 4) is 0 Å². The van der Waals surface area contributed by atoms with Crippen LogP contribution in [0, 0.1) is 11.7 Å². The third-order valence-corrected chi connectivity index (χ3v) is 5.91. The standard InChI is InChI=1S/C19H23FN2O3S/c1-14(2)15(3)21-19(23)13-22(17-7-5-4-6-8-17)26(24,25)18-11-9-16(20)10-12-18/h4-12,14-15H,13H2,1-3H3,(H,21,23). The number of nitrogens with zero attached hydrogens (tertiary/aromatic N) is 1. The van der Waals surface area contributed by atoms with Crippen LogP contribution in [0.1, 0.15) is 20.8 Å². The predicted molar refractivity (Wildman–Crippen MR) is 99.8 cm³/mol. The van der Waals surface area contributed by atoms with Crippen molar-refractivity contribution in [2.24, 2.45) is 5.92 Å². The second-order valence-electron chi connectivity index (χ2n) is 6.40. The quantitative estimate of drug-likeness (QED) is 0.805. The van der Waals surface area contributed by atoms with Crippen molar-refractivity contribution in [1.29, 1.82) is 0 Å². The van der Waals surface area contributed by atoms with Crippen molar-refractivity contribution in [1.82, 2.24) is 5.32 Å². The van der Waals surface area contributed by atoms with Gasteiger partial charge in [0, 0.05) is 6.04 Å². The average Bonchev–Trinajstić information content (AvgIpc) is 2.60. The van der Waals surface area contributed by atoms with Crippen LogP contribution in [0.3, 0.4) is 0 Å². The molecule has 0 aliphatic carbocycles. The lowest BCUT2D eigenvalue weighted by Crippen LogP contribution is -2.45. The van der Waals surface area contributed by atoms with E-state index >= 15 is 0 Å². The van der Waals surface area contributed by atoms with Crippen LogP contribution in [0.25, 0.3) is 0 Å². The molecular weight excluding hydrogens is 355 g/mol. The summed E-state index contributed by atoms with van der Waals surface area (Å²) in [4.78, 5) is 12.3. The van der Waals surface area contributed by atoms with Gasteiger partial charge in [-0.2, -0.15) is 0 Å². The van der Waals surface area contributed by atoms with Gasteiger partial charge in [0.15, 0.2) is 0 Å². The van der Waals surface area contributed by atoms with E-state index in [-0.39, 0.29) is 23.4 Å². The molecule has 1 amide bonds. The van der Waals surface area contributed by atoms with Gasteiger partial charge in [0.25, 0.3) is 10.0 Å². The second kappa shape index (κ2) is 8.31. The van der Waals surface area contributed by atoms with Crippen molar-refractivity contribution < 1.29 is 17.6 Å². The molecule has 0 saturated carbocycles. The van der Waals surface area contributed by atoms with Gasteiger partial charge < -0.3 is 5.32 Å². The van der Waals surface area contributed by atoms with Gasteiger partial charge in [-0.15, -0.1) is 0 Å². The molecule has 1 atom stereocenters. The number of hydrogen-bond donors (Lipinski definition) is 1. The minimum atomic E-state index is -4.02. The number of nitrogens with one attached hydrogen (secondary N) is 1. The van der Waals surface area contributed by atoms with E-state index in [9.17, 15) is 17.6 Å². The first-order chi connectivity index (χ1) is 12.2. The number of anilines is 1. The molecule has 0 saturated heterocycles. The van der Waals surface area contributed by atoms with Crippen LogP contribution in [-0.2, 0) is 14.8 Å². The number of halogens is 1. The van der Waals surface area contributed by atoms with Crippen LogP contribution in [0.4, 0.5) is 10.1 Å². The van der Waals surface area contributed by atoms with Gasteiger partial charge in [0.1, 0.15) is 12.4 Å². The van der Waals surface area contributed by atoms with Crippen molar-refractivity contribution >= 4 is 21.6 Å². The normalized spacial score (nSPS) is 12.7. The number of benzene rings is 2. The van der Waals surface area contributed by atoms with Crippen molar-refractivity contribution in [3.05, 3.63) is 60.4 Å². The number of rotatable bonds is 7. The molecule has 7 heteroatoms. The maximum atomic E-state index is 13.2. The van der Waals surface area contributed by atoms with Gasteiger partial charge >= 0.3 is 0 Å². The van der Waals surface area contributed by atoms with E-state index in [1.165, 1.54) is 12.1 Å². The summed E-state index contributed by atoms with van der Waals surface area (Å²) >= 11 is 0. The molecule has 26 heavy (non-hydrogen) atoms. The minimum Gasteiger partial charge on any atom is -0.352 e. The first-order valence-corrected chi connectivity index (χ1v) is 9.78. The number of para-hydroxylation sites is 1. The zero-order valence-electron chi connectivity index (χ0n) is 15.0. The van der Waals surface area contributed by atoms with E-state index in [4.69, 9.17) is 0 Å². The van der Waals surface area contributed by atoms with E-state index in [1.807, 2.05) is 20.8 Å². The van der Waals surface area contributed by atoms with Gasteiger partial charge in [0.2, 0.25) is 5.91 Å². The van der Waals surface area contributed by atoms with Gasteiger partial charge in [-0.05, 0) is 49.2 Å². The molecule has 2 aromatic rings. The Morgan fingerprint density at radius 1 is 1.04 bits per heavy atom. The zero-order valence-corrected chi connectivity index (χ0v) is 15.8. The molecule has 0 radical (unpaired) electrons. The third kappa shape index (κ3) is 4.82. The molecule has 2 rings (SSSR count). The van der Waals surface area contributed by atoms with Crippen molar-refractivity contribution in [2.45, 2.75) is 31.7 Å². The molecule has 0 fully saturated rings. The Bertz CT molecular complexity index is 837. The molecule has 1 unspecified atom stereocenters. The molecule has 0 aliphatic heterocycles. The van der Waals surface area contributed by atoms with Gasteiger partial charge in [-0.1, -0.05) is 32.0 Å². The van der Waals surface area contributed by atoms with Crippen LogP contribution in [-0.4, -0.2) is 26.9 Å². The molecule has 2 aromatic carbocycles. The molecule has 140 valence electrons. The summed E-state index contributed by atoms with van der Waals surface area (Å²) in [5.74, 6) is -0.711. The lowest BCUT2D eigenvalue weighted by molar-refractivity contribution is -0.120. The fourth-order valence-electron chi connectivity index (χ4n) is 2.24. The molecule has 0 heterocycles. The minimum absolute atomic E-state index is 0.0764. The Hall–Kier alpha value is -2.41. The highest BCUT2D eigenvalue weighted by Gasteiger charge is 2.27. The maximum Gasteiger partial charge on any atom is 0.264 e. The molecule has 5 nitrogen and oxygen atoms in total. The fourth-order valence-corrected chi connectivity index (χ4v) is 3.66. The summed E-state index contributed by atoms with van der Waals surface area (Å²) in [6, 6.07) is 12.8. The topological polar surface area (TPSA) is 66.5 Å². The maximum absolute atomic E-state index is 13.2. The highest BCUT2D eigenvalue weighted by molar-refractivity contribution is 7.92. The number of sulfonamides is 1. The third-order valence-electron chi connectivity index (χ3n) is 4.12. The van der Waals surface area contributed by atoms with Crippen LogP contribution >= 0.6 is 0 Å². The fraction of sp³-hybridized carbons (Fsp3) is 0.316. The Kier molecular flexibility index (Phi) is 6.37. The molecule has 0 spiro atoms. The Labute approximate surface area is 153 Å². The highest BCUT2D eigenvalue weighted by Crippen LogP contribution is 2.23. The number of amides is 1. The van der Waals surface area contributed by atoms with Crippen LogP contribution in [0.15, 0.2) is 59.5 Å². The summed E-state index contributed by atoms with van der Waals surface area (Å²) in [6.45, 7) is 5.44. The van der Waals surface area contributed by atoms with Crippen molar-refractivity contribution in [3.63, 3.8) is 0 Å². The predicted octanol–water partition coefficient (Wildman–Crippen LogP) is 3.18. The Morgan fingerprint density at radius 2 is 1.62 bits per heavy atom. The highest BCUT2D eigenvalue weighted by atomic mass is 32.2. The van der Waals surface area contributed by atoms with Crippen molar-refractivity contribution in [2.75, 3.05) is 10.8 Å². The molecule has 0 bridgehead atoms. The number of hydrogen-bond acceptors (Lipinski definition) is 3. The largest absolute Gasteiger partial charge is 0.352 e. The Morgan fingerprint density at radius 3 is 2.15 bits per heavy atom. The van der Waals surface area contributed by atoms with E-state index in [1.54, 1.807) is 30.3 Å².